The van der Waals surface area contributed by atoms with Gasteiger partial charge in [-0.3, -0.25) is 9.69 Å². The Morgan fingerprint density at radius 2 is 1.88 bits per heavy atom. The summed E-state index contributed by atoms with van der Waals surface area (Å²) in [5, 5.41) is 9.21. The Hall–Kier alpha value is -0.570. The lowest BCUT2D eigenvalue weighted by molar-refractivity contribution is -0.145. The molecule has 94 valence electrons. The third-order valence-electron chi connectivity index (χ3n) is 4.12. The summed E-state index contributed by atoms with van der Waals surface area (Å²) >= 11 is 0. The maximum atomic E-state index is 11.2. The molecule has 1 aliphatic carbocycles. The van der Waals surface area contributed by atoms with Crippen LogP contribution in [0.2, 0.25) is 0 Å². The molecule has 1 saturated carbocycles. The molecule has 3 heteroatoms. The minimum atomic E-state index is -0.685. The van der Waals surface area contributed by atoms with Crippen molar-refractivity contribution in [2.75, 3.05) is 7.05 Å². The van der Waals surface area contributed by atoms with Crippen molar-refractivity contribution in [1.29, 1.82) is 0 Å². The lowest BCUT2D eigenvalue weighted by Gasteiger charge is -2.43. The van der Waals surface area contributed by atoms with Gasteiger partial charge in [0.05, 0.1) is 0 Å². The van der Waals surface area contributed by atoms with Gasteiger partial charge in [0.1, 0.15) is 6.04 Å². The zero-order valence-corrected chi connectivity index (χ0v) is 10.9. The lowest BCUT2D eigenvalue weighted by Crippen LogP contribution is -2.51. The molecule has 0 heterocycles. The highest BCUT2D eigenvalue weighted by molar-refractivity contribution is 5.73. The minimum Gasteiger partial charge on any atom is -0.480 e. The molecule has 3 unspecified atom stereocenters. The van der Waals surface area contributed by atoms with Gasteiger partial charge in [-0.05, 0) is 38.1 Å². The van der Waals surface area contributed by atoms with Gasteiger partial charge < -0.3 is 5.11 Å². The largest absolute Gasteiger partial charge is 0.480 e. The predicted octanol–water partition coefficient (Wildman–Crippen LogP) is 2.61. The summed E-state index contributed by atoms with van der Waals surface area (Å²) in [6, 6.07) is 0.0998. The third kappa shape index (κ3) is 2.76. The normalized spacial score (nSPS) is 32.7. The second-order valence-electron chi connectivity index (χ2n) is 5.30. The van der Waals surface area contributed by atoms with Crippen molar-refractivity contribution in [3.8, 4) is 0 Å². The van der Waals surface area contributed by atoms with Gasteiger partial charge in [-0.1, -0.05) is 27.2 Å². The topological polar surface area (TPSA) is 40.5 Å². The second kappa shape index (κ2) is 5.67. The molecule has 0 aliphatic heterocycles. The number of likely N-dealkylation sites (N-methyl/N-ethyl adjacent to an activating group) is 1. The first-order chi connectivity index (χ1) is 7.49. The summed E-state index contributed by atoms with van der Waals surface area (Å²) in [6.07, 6.45) is 4.43. The van der Waals surface area contributed by atoms with Gasteiger partial charge in [-0.2, -0.15) is 0 Å². The van der Waals surface area contributed by atoms with Crippen molar-refractivity contribution in [2.24, 2.45) is 11.8 Å². The van der Waals surface area contributed by atoms with E-state index in [2.05, 4.69) is 18.7 Å². The van der Waals surface area contributed by atoms with Crippen molar-refractivity contribution < 1.29 is 9.90 Å². The van der Waals surface area contributed by atoms with Crippen LogP contribution >= 0.6 is 0 Å². The Balaban J connectivity index is 2.76. The Labute approximate surface area is 98.8 Å². The van der Waals surface area contributed by atoms with Crippen molar-refractivity contribution in [3.05, 3.63) is 0 Å². The summed E-state index contributed by atoms with van der Waals surface area (Å²) in [5.41, 5.74) is 0. The molecule has 0 saturated heterocycles. The van der Waals surface area contributed by atoms with Crippen LogP contribution in [0.5, 0.6) is 0 Å². The van der Waals surface area contributed by atoms with Crippen LogP contribution in [0.25, 0.3) is 0 Å². The highest BCUT2D eigenvalue weighted by Gasteiger charge is 2.35. The highest BCUT2D eigenvalue weighted by Crippen LogP contribution is 2.33. The highest BCUT2D eigenvalue weighted by atomic mass is 16.4. The van der Waals surface area contributed by atoms with Gasteiger partial charge in [0.25, 0.3) is 0 Å². The summed E-state index contributed by atoms with van der Waals surface area (Å²) in [4.78, 5) is 13.3. The molecule has 0 aromatic rings. The standard InChI is InChI=1S/C13H25NO2/c1-5-11(13(15)16)14(4)12-9(2)7-6-8-10(12)3/h9-12H,5-8H2,1-4H3,(H,15,16). The summed E-state index contributed by atoms with van der Waals surface area (Å²) in [7, 11) is 1.98. The number of hydrogen-bond acceptors (Lipinski definition) is 2. The van der Waals surface area contributed by atoms with E-state index in [9.17, 15) is 9.90 Å². The maximum Gasteiger partial charge on any atom is 0.320 e. The molecule has 1 rings (SSSR count). The summed E-state index contributed by atoms with van der Waals surface area (Å²) < 4.78 is 0. The number of aliphatic carboxylic acids is 1. The molecule has 0 bridgehead atoms. The number of carboxylic acids is 1. The molecule has 1 N–H and O–H groups in total. The monoisotopic (exact) mass is 227 g/mol. The Kier molecular flexibility index (Phi) is 4.78. The first kappa shape index (κ1) is 13.5. The van der Waals surface area contributed by atoms with Crippen LogP contribution in [0.15, 0.2) is 0 Å². The molecule has 16 heavy (non-hydrogen) atoms. The molecule has 0 aromatic carbocycles. The molecule has 1 fully saturated rings. The van der Waals surface area contributed by atoms with Crippen LogP contribution in [0, 0.1) is 11.8 Å². The van der Waals surface area contributed by atoms with Crippen LogP contribution in [0.3, 0.4) is 0 Å². The van der Waals surface area contributed by atoms with Crippen LogP contribution in [-0.2, 0) is 4.79 Å². The zero-order chi connectivity index (χ0) is 12.3. The van der Waals surface area contributed by atoms with Crippen molar-refractivity contribution in [1.82, 2.24) is 4.90 Å². The molecule has 3 atom stereocenters. The Morgan fingerprint density at radius 3 is 2.25 bits per heavy atom. The van der Waals surface area contributed by atoms with E-state index in [1.807, 2.05) is 14.0 Å². The van der Waals surface area contributed by atoms with Crippen molar-refractivity contribution in [3.63, 3.8) is 0 Å². The van der Waals surface area contributed by atoms with Gasteiger partial charge >= 0.3 is 5.97 Å². The SMILES string of the molecule is CCC(C(=O)O)N(C)C1C(C)CCCC1C. The molecule has 0 radical (unpaired) electrons. The summed E-state index contributed by atoms with van der Waals surface area (Å²) in [5.74, 6) is 0.541. The average Bonchev–Trinajstić information content (AvgIpc) is 2.17. The molecular weight excluding hydrogens is 202 g/mol. The van der Waals surface area contributed by atoms with Crippen LogP contribution < -0.4 is 0 Å². The number of carbonyl (C=O) groups is 1. The zero-order valence-electron chi connectivity index (χ0n) is 10.9. The lowest BCUT2D eigenvalue weighted by atomic mass is 9.77. The van der Waals surface area contributed by atoms with Gasteiger partial charge in [-0.25, -0.2) is 0 Å². The van der Waals surface area contributed by atoms with E-state index in [1.54, 1.807) is 0 Å². The fourth-order valence-corrected chi connectivity index (χ4v) is 3.31. The van der Waals surface area contributed by atoms with Gasteiger partial charge in [0.15, 0.2) is 0 Å². The number of nitrogens with zero attached hydrogens (tertiary/aromatic N) is 1. The third-order valence-corrected chi connectivity index (χ3v) is 4.12. The van der Waals surface area contributed by atoms with E-state index < -0.39 is 5.97 Å². The maximum absolute atomic E-state index is 11.2. The first-order valence-electron chi connectivity index (χ1n) is 6.43. The average molecular weight is 227 g/mol. The smallest absolute Gasteiger partial charge is 0.320 e. The van der Waals surface area contributed by atoms with Gasteiger partial charge in [-0.15, -0.1) is 0 Å². The fourth-order valence-electron chi connectivity index (χ4n) is 3.31. The van der Waals surface area contributed by atoms with Crippen molar-refractivity contribution in [2.45, 2.75) is 58.5 Å². The number of carboxylic acid groups (broad SMARTS) is 1. The molecule has 3 nitrogen and oxygen atoms in total. The van der Waals surface area contributed by atoms with Crippen molar-refractivity contribution >= 4 is 5.97 Å². The molecule has 0 amide bonds. The number of hydrogen-bond donors (Lipinski definition) is 1. The van der Waals surface area contributed by atoms with Crippen LogP contribution in [0.4, 0.5) is 0 Å². The van der Waals surface area contributed by atoms with E-state index >= 15 is 0 Å². The van der Waals surface area contributed by atoms with E-state index in [0.717, 1.165) is 0 Å². The Morgan fingerprint density at radius 1 is 1.38 bits per heavy atom. The molecule has 0 aromatic heterocycles. The Bertz CT molecular complexity index is 232. The van der Waals surface area contributed by atoms with Gasteiger partial charge in [0.2, 0.25) is 0 Å². The summed E-state index contributed by atoms with van der Waals surface area (Å²) in [6.45, 7) is 6.46. The quantitative estimate of drug-likeness (QED) is 0.802. The van der Waals surface area contributed by atoms with Crippen LogP contribution in [-0.4, -0.2) is 35.1 Å². The fraction of sp³-hybridized carbons (Fsp3) is 0.923. The molecule has 0 spiro atoms. The minimum absolute atomic E-state index is 0.326. The molecule has 1 aliphatic rings. The predicted molar refractivity (Wildman–Crippen MR) is 65.4 cm³/mol. The molecular formula is C13H25NO2. The number of rotatable bonds is 4. The van der Waals surface area contributed by atoms with E-state index in [0.29, 0.717) is 24.3 Å². The van der Waals surface area contributed by atoms with Crippen LogP contribution in [0.1, 0.15) is 46.5 Å². The van der Waals surface area contributed by atoms with E-state index in [-0.39, 0.29) is 6.04 Å². The second-order valence-corrected chi connectivity index (χ2v) is 5.30. The van der Waals surface area contributed by atoms with E-state index in [1.165, 1.54) is 19.3 Å². The first-order valence-corrected chi connectivity index (χ1v) is 6.43. The van der Waals surface area contributed by atoms with Gasteiger partial charge in [0, 0.05) is 6.04 Å². The van der Waals surface area contributed by atoms with E-state index in [4.69, 9.17) is 0 Å².